The first kappa shape index (κ1) is 25.1. The van der Waals surface area contributed by atoms with Crippen molar-refractivity contribution >= 4 is 23.8 Å². The molecule has 7 nitrogen and oxygen atoms in total. The van der Waals surface area contributed by atoms with Crippen molar-refractivity contribution in [1.29, 1.82) is 0 Å². The Morgan fingerprint density at radius 1 is 1.15 bits per heavy atom. The van der Waals surface area contributed by atoms with E-state index >= 15 is 0 Å². The largest absolute Gasteiger partial charge is 0.494 e. The predicted octanol–water partition coefficient (Wildman–Crippen LogP) is 4.98. The molecule has 3 rings (SSSR count). The zero-order valence-electron chi connectivity index (χ0n) is 19.0. The topological polar surface area (TPSA) is 74.2 Å². The first-order valence-electron chi connectivity index (χ1n) is 11.0. The molecule has 2 aromatic rings. The molecular formula is C24H27F3N4O3. The molecule has 0 fully saturated rings. The second kappa shape index (κ2) is 11.0. The molecule has 182 valence electrons. The minimum Gasteiger partial charge on any atom is -0.494 e. The molecule has 34 heavy (non-hydrogen) atoms. The van der Waals surface area contributed by atoms with Gasteiger partial charge >= 0.3 is 12.2 Å². The Morgan fingerprint density at radius 3 is 2.38 bits per heavy atom. The van der Waals surface area contributed by atoms with E-state index in [2.05, 4.69) is 10.4 Å². The summed E-state index contributed by atoms with van der Waals surface area (Å²) >= 11 is 0. The van der Waals surface area contributed by atoms with Crippen molar-refractivity contribution < 1.29 is 27.5 Å². The lowest BCUT2D eigenvalue weighted by molar-refractivity contribution is -0.137. The van der Waals surface area contributed by atoms with Crippen LogP contribution in [0.2, 0.25) is 0 Å². The second-order valence-corrected chi connectivity index (χ2v) is 7.80. The van der Waals surface area contributed by atoms with Gasteiger partial charge in [-0.2, -0.15) is 18.3 Å². The van der Waals surface area contributed by atoms with E-state index in [9.17, 15) is 22.8 Å². The number of rotatable bonds is 9. The van der Waals surface area contributed by atoms with E-state index in [0.29, 0.717) is 24.6 Å². The molecular weight excluding hydrogens is 449 g/mol. The molecule has 0 spiro atoms. The zero-order chi connectivity index (χ0) is 24.7. The number of hydrogen-bond donors (Lipinski definition) is 1. The van der Waals surface area contributed by atoms with Gasteiger partial charge in [0.25, 0.3) is 0 Å². The van der Waals surface area contributed by atoms with Gasteiger partial charge in [-0.3, -0.25) is 4.79 Å². The third-order valence-corrected chi connectivity index (χ3v) is 5.23. The highest BCUT2D eigenvalue weighted by Gasteiger charge is 2.35. The number of hydrogen-bond acceptors (Lipinski definition) is 4. The molecule has 1 heterocycles. The number of alkyl halides is 3. The molecule has 1 N–H and O–H groups in total. The van der Waals surface area contributed by atoms with E-state index in [0.717, 1.165) is 36.9 Å². The van der Waals surface area contributed by atoms with Crippen molar-refractivity contribution in [3.05, 3.63) is 59.7 Å². The summed E-state index contributed by atoms with van der Waals surface area (Å²) in [6, 6.07) is 10.4. The number of hydrazone groups is 1. The predicted molar refractivity (Wildman–Crippen MR) is 123 cm³/mol. The van der Waals surface area contributed by atoms with Gasteiger partial charge in [0.2, 0.25) is 6.41 Å². The SMILES string of the molecule is CCCOc1ccc(C2=NN(C(=O)Nc3ccc(C(F)(F)F)cc3)CC2N(C=O)CCC)cc1. The maximum atomic E-state index is 12.8. The number of benzene rings is 2. The minimum atomic E-state index is -4.46. The number of carbonyl (C=O) groups is 2. The summed E-state index contributed by atoms with van der Waals surface area (Å²) < 4.78 is 43.9. The number of amides is 3. The molecule has 1 unspecified atom stereocenters. The van der Waals surface area contributed by atoms with Crippen LogP contribution in [-0.4, -0.2) is 53.8 Å². The van der Waals surface area contributed by atoms with Gasteiger partial charge < -0.3 is 15.0 Å². The molecule has 1 aliphatic rings. The third-order valence-electron chi connectivity index (χ3n) is 5.23. The highest BCUT2D eigenvalue weighted by Crippen LogP contribution is 2.30. The van der Waals surface area contributed by atoms with Gasteiger partial charge in [-0.15, -0.1) is 0 Å². The van der Waals surface area contributed by atoms with Crippen LogP contribution in [0.1, 0.15) is 37.8 Å². The number of nitrogens with one attached hydrogen (secondary N) is 1. The van der Waals surface area contributed by atoms with E-state index < -0.39 is 23.8 Å². The van der Waals surface area contributed by atoms with E-state index in [1.807, 2.05) is 26.0 Å². The molecule has 0 saturated carbocycles. The van der Waals surface area contributed by atoms with Crippen molar-refractivity contribution in [2.75, 3.05) is 25.0 Å². The Kier molecular flexibility index (Phi) is 8.14. The Labute approximate surface area is 196 Å². The monoisotopic (exact) mass is 476 g/mol. The molecule has 0 aliphatic carbocycles. The lowest BCUT2D eigenvalue weighted by atomic mass is 10.0. The lowest BCUT2D eigenvalue weighted by Gasteiger charge is -2.25. The third kappa shape index (κ3) is 6.06. The molecule has 2 aromatic carbocycles. The average molecular weight is 476 g/mol. The highest BCUT2D eigenvalue weighted by atomic mass is 19.4. The lowest BCUT2D eigenvalue weighted by Crippen LogP contribution is -2.44. The number of carbonyl (C=O) groups excluding carboxylic acids is 2. The maximum absolute atomic E-state index is 12.8. The second-order valence-electron chi connectivity index (χ2n) is 7.80. The molecule has 0 radical (unpaired) electrons. The van der Waals surface area contributed by atoms with Crippen molar-refractivity contribution in [3.8, 4) is 5.75 Å². The summed E-state index contributed by atoms with van der Waals surface area (Å²) in [6.45, 7) is 5.15. The van der Waals surface area contributed by atoms with E-state index in [4.69, 9.17) is 4.74 Å². The van der Waals surface area contributed by atoms with Gasteiger partial charge in [0, 0.05) is 17.8 Å². The summed E-state index contributed by atoms with van der Waals surface area (Å²) in [4.78, 5) is 26.2. The zero-order valence-corrected chi connectivity index (χ0v) is 19.0. The summed E-state index contributed by atoms with van der Waals surface area (Å²) in [5, 5.41) is 8.20. The van der Waals surface area contributed by atoms with Crippen LogP contribution in [0.5, 0.6) is 5.75 Å². The fourth-order valence-corrected chi connectivity index (χ4v) is 3.54. The highest BCUT2D eigenvalue weighted by molar-refractivity contribution is 6.07. The van der Waals surface area contributed by atoms with Gasteiger partial charge in [0.15, 0.2) is 0 Å². The fraction of sp³-hybridized carbons (Fsp3) is 0.375. The van der Waals surface area contributed by atoms with Crippen LogP contribution >= 0.6 is 0 Å². The van der Waals surface area contributed by atoms with Crippen molar-refractivity contribution in [1.82, 2.24) is 9.91 Å². The van der Waals surface area contributed by atoms with Gasteiger partial charge in [-0.1, -0.05) is 13.8 Å². The molecule has 0 aromatic heterocycles. The molecule has 1 aliphatic heterocycles. The van der Waals surface area contributed by atoms with Crippen LogP contribution in [0, 0.1) is 0 Å². The van der Waals surface area contributed by atoms with Gasteiger partial charge in [-0.05, 0) is 61.4 Å². The van der Waals surface area contributed by atoms with Gasteiger partial charge in [0.1, 0.15) is 5.75 Å². The number of ether oxygens (including phenoxy) is 1. The van der Waals surface area contributed by atoms with Crippen molar-refractivity contribution in [2.24, 2.45) is 5.10 Å². The Hall–Kier alpha value is -3.56. The number of urea groups is 1. The molecule has 0 saturated heterocycles. The van der Waals surface area contributed by atoms with Crippen LogP contribution in [0.4, 0.5) is 23.7 Å². The maximum Gasteiger partial charge on any atom is 0.416 e. The standard InChI is InChI=1S/C24H27F3N4O3/c1-3-13-30(16-32)21-15-31(23(33)28-19-9-7-18(8-10-19)24(25,26)27)29-22(21)17-5-11-20(12-6-17)34-14-4-2/h5-12,16,21H,3-4,13-15H2,1-2H3,(H,28,33). The minimum absolute atomic E-state index is 0.120. The van der Waals surface area contributed by atoms with E-state index in [-0.39, 0.29) is 12.2 Å². The summed E-state index contributed by atoms with van der Waals surface area (Å²) in [5.41, 5.74) is 0.683. The van der Waals surface area contributed by atoms with Gasteiger partial charge in [0.05, 0.1) is 30.5 Å². The molecule has 3 amide bonds. The normalized spacial score (nSPS) is 15.6. The number of anilines is 1. The van der Waals surface area contributed by atoms with Crippen LogP contribution in [-0.2, 0) is 11.0 Å². The summed E-state index contributed by atoms with van der Waals surface area (Å²) in [6.07, 6.45) is -2.12. The van der Waals surface area contributed by atoms with Gasteiger partial charge in [-0.25, -0.2) is 9.80 Å². The Bertz CT molecular complexity index is 1010. The first-order chi connectivity index (χ1) is 16.3. The fourth-order valence-electron chi connectivity index (χ4n) is 3.54. The van der Waals surface area contributed by atoms with Crippen molar-refractivity contribution in [3.63, 3.8) is 0 Å². The van der Waals surface area contributed by atoms with Crippen LogP contribution in [0.25, 0.3) is 0 Å². The summed E-state index contributed by atoms with van der Waals surface area (Å²) in [7, 11) is 0. The summed E-state index contributed by atoms with van der Waals surface area (Å²) in [5.74, 6) is 0.707. The number of halogens is 3. The van der Waals surface area contributed by atoms with Crippen LogP contribution in [0.3, 0.4) is 0 Å². The molecule has 1 atom stereocenters. The van der Waals surface area contributed by atoms with Crippen LogP contribution < -0.4 is 10.1 Å². The molecule has 0 bridgehead atoms. The Morgan fingerprint density at radius 2 is 1.82 bits per heavy atom. The first-order valence-corrected chi connectivity index (χ1v) is 11.0. The number of nitrogens with zero attached hydrogens (tertiary/aromatic N) is 3. The van der Waals surface area contributed by atoms with Crippen molar-refractivity contribution in [2.45, 2.75) is 38.9 Å². The molecule has 10 heteroatoms. The van der Waals surface area contributed by atoms with E-state index in [1.54, 1.807) is 17.0 Å². The Balaban J connectivity index is 1.81. The quantitative estimate of drug-likeness (QED) is 0.519. The van der Waals surface area contributed by atoms with Crippen LogP contribution in [0.15, 0.2) is 53.6 Å². The van der Waals surface area contributed by atoms with E-state index in [1.165, 1.54) is 17.1 Å². The smallest absolute Gasteiger partial charge is 0.416 e. The average Bonchev–Trinajstić information content (AvgIpc) is 3.26.